The molecule has 1 aromatic carbocycles. The summed E-state index contributed by atoms with van der Waals surface area (Å²) in [5.74, 6) is 0.0989. The van der Waals surface area contributed by atoms with E-state index < -0.39 is 0 Å². The summed E-state index contributed by atoms with van der Waals surface area (Å²) in [5.41, 5.74) is 7.33. The van der Waals surface area contributed by atoms with Gasteiger partial charge in [0.2, 0.25) is 5.91 Å². The molecule has 2 rings (SSSR count). The van der Waals surface area contributed by atoms with Gasteiger partial charge >= 0.3 is 0 Å². The molecule has 0 radical (unpaired) electrons. The number of hydrogen-bond acceptors (Lipinski definition) is 3. The highest BCUT2D eigenvalue weighted by molar-refractivity contribution is 6.34. The summed E-state index contributed by atoms with van der Waals surface area (Å²) in [6.45, 7) is 1.91. The smallest absolute Gasteiger partial charge is 0.241 e. The molecule has 1 heterocycles. The molecule has 0 aromatic heterocycles. The highest BCUT2D eigenvalue weighted by Gasteiger charge is 2.21. The average Bonchev–Trinajstić information content (AvgIpc) is 2.42. The molecule has 0 aliphatic carbocycles. The molecule has 0 saturated carbocycles. The van der Waals surface area contributed by atoms with Gasteiger partial charge in [0.05, 0.1) is 22.9 Å². The molecule has 1 aliphatic rings. The van der Waals surface area contributed by atoms with Crippen LogP contribution in [-0.4, -0.2) is 37.5 Å². The molecule has 1 amide bonds. The van der Waals surface area contributed by atoms with Crippen LogP contribution < -0.4 is 10.6 Å². The molecule has 5 heteroatoms. The first-order chi connectivity index (χ1) is 8.09. The normalized spacial score (nSPS) is 17.2. The highest BCUT2D eigenvalue weighted by atomic mass is 35.5. The number of nitrogen functional groups attached to an aromatic ring is 1. The second-order valence-electron chi connectivity index (χ2n) is 4.27. The van der Waals surface area contributed by atoms with Crippen LogP contribution in [0.15, 0.2) is 18.2 Å². The number of hydrogen-bond donors (Lipinski definition) is 1. The maximum atomic E-state index is 11.8. The van der Waals surface area contributed by atoms with Crippen molar-refractivity contribution in [2.24, 2.45) is 0 Å². The van der Waals surface area contributed by atoms with Gasteiger partial charge < -0.3 is 15.5 Å². The van der Waals surface area contributed by atoms with Crippen molar-refractivity contribution in [3.8, 4) is 0 Å². The monoisotopic (exact) mass is 253 g/mol. The van der Waals surface area contributed by atoms with Crippen molar-refractivity contribution in [2.75, 3.05) is 37.3 Å². The Morgan fingerprint density at radius 1 is 1.35 bits per heavy atom. The minimum atomic E-state index is 0.0989. The van der Waals surface area contributed by atoms with E-state index in [0.29, 0.717) is 17.3 Å². The summed E-state index contributed by atoms with van der Waals surface area (Å²) >= 11 is 6.15. The molecule has 1 fully saturated rings. The molecule has 1 aliphatic heterocycles. The number of nitrogens with two attached hydrogens (primary N) is 1. The summed E-state index contributed by atoms with van der Waals surface area (Å²) in [4.78, 5) is 15.5. The number of halogens is 1. The van der Waals surface area contributed by atoms with Crippen LogP contribution in [0.3, 0.4) is 0 Å². The van der Waals surface area contributed by atoms with Crippen molar-refractivity contribution >= 4 is 28.9 Å². The molecule has 0 spiro atoms. The van der Waals surface area contributed by atoms with Crippen molar-refractivity contribution in [3.63, 3.8) is 0 Å². The lowest BCUT2D eigenvalue weighted by Gasteiger charge is -2.24. The van der Waals surface area contributed by atoms with Gasteiger partial charge in [-0.15, -0.1) is 0 Å². The van der Waals surface area contributed by atoms with Crippen LogP contribution in [0.25, 0.3) is 0 Å². The summed E-state index contributed by atoms with van der Waals surface area (Å²) in [6, 6.07) is 5.42. The van der Waals surface area contributed by atoms with Crippen molar-refractivity contribution in [3.05, 3.63) is 23.2 Å². The fourth-order valence-electron chi connectivity index (χ4n) is 2.04. The Morgan fingerprint density at radius 3 is 2.82 bits per heavy atom. The van der Waals surface area contributed by atoms with E-state index in [-0.39, 0.29) is 5.91 Å². The highest BCUT2D eigenvalue weighted by Crippen LogP contribution is 2.32. The van der Waals surface area contributed by atoms with Crippen LogP contribution in [-0.2, 0) is 4.79 Å². The van der Waals surface area contributed by atoms with Gasteiger partial charge in [0, 0.05) is 20.1 Å². The Hall–Kier alpha value is -1.42. The fraction of sp³-hybridized carbons (Fsp3) is 0.417. The van der Waals surface area contributed by atoms with E-state index >= 15 is 0 Å². The van der Waals surface area contributed by atoms with Crippen molar-refractivity contribution in [2.45, 2.75) is 6.42 Å². The maximum absolute atomic E-state index is 11.8. The number of nitrogens with zero attached hydrogens (tertiary/aromatic N) is 2. The molecule has 2 N–H and O–H groups in total. The maximum Gasteiger partial charge on any atom is 0.241 e. The van der Waals surface area contributed by atoms with Gasteiger partial charge in [-0.3, -0.25) is 4.79 Å². The van der Waals surface area contributed by atoms with Gasteiger partial charge in [-0.25, -0.2) is 0 Å². The third-order valence-electron chi connectivity index (χ3n) is 3.01. The molecule has 1 aromatic rings. The fourth-order valence-corrected chi connectivity index (χ4v) is 2.34. The second kappa shape index (κ2) is 4.84. The molecule has 92 valence electrons. The number of likely N-dealkylation sites (N-methyl/N-ethyl adjacent to an activating group) is 1. The lowest BCUT2D eigenvalue weighted by molar-refractivity contribution is -0.127. The lowest BCUT2D eigenvalue weighted by Crippen LogP contribution is -2.34. The van der Waals surface area contributed by atoms with Crippen LogP contribution >= 0.6 is 11.6 Å². The topological polar surface area (TPSA) is 49.6 Å². The van der Waals surface area contributed by atoms with Gasteiger partial charge in [0.25, 0.3) is 0 Å². The number of rotatable bonds is 1. The number of para-hydroxylation sites is 1. The first-order valence-electron chi connectivity index (χ1n) is 5.62. The number of benzene rings is 1. The summed E-state index contributed by atoms with van der Waals surface area (Å²) < 4.78 is 0. The average molecular weight is 254 g/mol. The zero-order valence-corrected chi connectivity index (χ0v) is 10.6. The van der Waals surface area contributed by atoms with Crippen molar-refractivity contribution in [1.82, 2.24) is 4.90 Å². The van der Waals surface area contributed by atoms with E-state index in [1.807, 2.05) is 18.0 Å². The molecule has 0 unspecified atom stereocenters. The Labute approximate surface area is 106 Å². The van der Waals surface area contributed by atoms with Crippen LogP contribution in [0, 0.1) is 0 Å². The van der Waals surface area contributed by atoms with E-state index in [0.717, 1.165) is 25.2 Å². The van der Waals surface area contributed by atoms with Crippen molar-refractivity contribution in [1.29, 1.82) is 0 Å². The van der Waals surface area contributed by atoms with Gasteiger partial charge in [0.15, 0.2) is 0 Å². The van der Waals surface area contributed by atoms with E-state index in [1.54, 1.807) is 17.0 Å². The van der Waals surface area contributed by atoms with E-state index in [1.165, 1.54) is 0 Å². The number of amides is 1. The van der Waals surface area contributed by atoms with Crippen LogP contribution in [0.2, 0.25) is 5.02 Å². The van der Waals surface area contributed by atoms with Crippen LogP contribution in [0.4, 0.5) is 11.4 Å². The Balaban J connectivity index is 2.30. The summed E-state index contributed by atoms with van der Waals surface area (Å²) in [7, 11) is 1.82. The molecule has 4 nitrogen and oxygen atoms in total. The zero-order valence-electron chi connectivity index (χ0n) is 9.82. The zero-order chi connectivity index (χ0) is 12.4. The third kappa shape index (κ3) is 2.47. The summed E-state index contributed by atoms with van der Waals surface area (Å²) in [6.07, 6.45) is 0.924. The van der Waals surface area contributed by atoms with E-state index in [2.05, 4.69) is 0 Å². The first-order valence-corrected chi connectivity index (χ1v) is 6.00. The van der Waals surface area contributed by atoms with E-state index in [9.17, 15) is 4.79 Å². The van der Waals surface area contributed by atoms with Gasteiger partial charge in [-0.2, -0.15) is 0 Å². The first kappa shape index (κ1) is 12.0. The van der Waals surface area contributed by atoms with Gasteiger partial charge in [-0.05, 0) is 18.6 Å². The predicted octanol–water partition coefficient (Wildman–Crippen LogP) is 1.59. The number of anilines is 2. The van der Waals surface area contributed by atoms with Gasteiger partial charge in [0.1, 0.15) is 0 Å². The quantitative estimate of drug-likeness (QED) is 0.774. The predicted molar refractivity (Wildman–Crippen MR) is 70.3 cm³/mol. The van der Waals surface area contributed by atoms with Crippen molar-refractivity contribution < 1.29 is 4.79 Å². The largest absolute Gasteiger partial charge is 0.397 e. The van der Waals surface area contributed by atoms with Gasteiger partial charge in [-0.1, -0.05) is 17.7 Å². The number of carbonyl (C=O) groups is 1. The molecule has 1 saturated heterocycles. The SMILES string of the molecule is CN1CCCN(c2c(N)cccc2Cl)CC1=O. The van der Waals surface area contributed by atoms with E-state index in [4.69, 9.17) is 17.3 Å². The Kier molecular flexibility index (Phi) is 3.43. The summed E-state index contributed by atoms with van der Waals surface area (Å²) in [5, 5.41) is 0.599. The molecule has 0 bridgehead atoms. The van der Waals surface area contributed by atoms with Crippen LogP contribution in [0.5, 0.6) is 0 Å². The minimum Gasteiger partial charge on any atom is -0.397 e. The van der Waals surface area contributed by atoms with Crippen LogP contribution in [0.1, 0.15) is 6.42 Å². The molecular weight excluding hydrogens is 238 g/mol. The second-order valence-corrected chi connectivity index (χ2v) is 4.68. The standard InChI is InChI=1S/C12H16ClN3O/c1-15-6-3-7-16(8-11(15)17)12-9(13)4-2-5-10(12)14/h2,4-5H,3,6-8,14H2,1H3. The Morgan fingerprint density at radius 2 is 2.12 bits per heavy atom. The Bertz CT molecular complexity index is 416. The molecule has 0 atom stereocenters. The lowest BCUT2D eigenvalue weighted by atomic mass is 10.2. The minimum absolute atomic E-state index is 0.0989. The number of carbonyl (C=O) groups excluding carboxylic acids is 1. The third-order valence-corrected chi connectivity index (χ3v) is 3.31. The molecule has 17 heavy (non-hydrogen) atoms. The molecular formula is C12H16ClN3O.